The first-order valence-electron chi connectivity index (χ1n) is 10.9. The van der Waals surface area contributed by atoms with Gasteiger partial charge in [-0.05, 0) is 62.3 Å². The second kappa shape index (κ2) is 11.7. The minimum atomic E-state index is -0.121. The van der Waals surface area contributed by atoms with Gasteiger partial charge in [-0.25, -0.2) is 0 Å². The Morgan fingerprint density at radius 1 is 1.12 bits per heavy atom. The van der Waals surface area contributed by atoms with Gasteiger partial charge >= 0.3 is 0 Å². The Labute approximate surface area is 194 Å². The monoisotopic (exact) mass is 453 g/mol. The van der Waals surface area contributed by atoms with E-state index in [0.717, 1.165) is 25.3 Å². The lowest BCUT2D eigenvalue weighted by Gasteiger charge is -2.19. The van der Waals surface area contributed by atoms with Crippen molar-refractivity contribution in [1.29, 1.82) is 0 Å². The van der Waals surface area contributed by atoms with Crippen molar-refractivity contribution in [3.8, 4) is 11.4 Å². The summed E-state index contributed by atoms with van der Waals surface area (Å²) in [6.45, 7) is 11.8. The third-order valence-electron chi connectivity index (χ3n) is 5.34. The molecule has 1 amide bonds. The van der Waals surface area contributed by atoms with Crippen LogP contribution in [-0.2, 0) is 4.79 Å². The summed E-state index contributed by atoms with van der Waals surface area (Å²) in [7, 11) is 0. The molecule has 0 unspecified atom stereocenters. The molecular weight excluding hydrogens is 422 g/mol. The number of anilines is 1. The summed E-state index contributed by atoms with van der Waals surface area (Å²) in [4.78, 5) is 14.9. The maximum Gasteiger partial charge on any atom is 0.234 e. The van der Waals surface area contributed by atoms with Crippen LogP contribution < -0.4 is 10.1 Å². The highest BCUT2D eigenvalue weighted by atomic mass is 32.2. The number of amides is 1. The number of likely N-dealkylation sites (N-methyl/N-ethyl adjacent to an activating group) is 1. The Hall–Kier alpha value is -2.84. The summed E-state index contributed by atoms with van der Waals surface area (Å²) >= 11 is 1.35. The van der Waals surface area contributed by atoms with E-state index in [9.17, 15) is 4.79 Å². The summed E-state index contributed by atoms with van der Waals surface area (Å²) in [5.41, 5.74) is 4.08. The van der Waals surface area contributed by atoms with E-state index in [1.54, 1.807) is 6.33 Å². The van der Waals surface area contributed by atoms with Gasteiger partial charge in [-0.3, -0.25) is 9.36 Å². The Balaban J connectivity index is 1.58. The number of aromatic nitrogens is 3. The average molecular weight is 454 g/mol. The summed E-state index contributed by atoms with van der Waals surface area (Å²) in [6, 6.07) is 13.7. The van der Waals surface area contributed by atoms with Gasteiger partial charge in [-0.2, -0.15) is 0 Å². The zero-order chi connectivity index (χ0) is 22.9. The predicted octanol–water partition coefficient (Wildman–Crippen LogP) is 4.34. The van der Waals surface area contributed by atoms with E-state index >= 15 is 0 Å². The van der Waals surface area contributed by atoms with Gasteiger partial charge in [0.15, 0.2) is 5.16 Å². The Morgan fingerprint density at radius 2 is 1.91 bits per heavy atom. The van der Waals surface area contributed by atoms with Gasteiger partial charge in [0.05, 0.1) is 11.4 Å². The van der Waals surface area contributed by atoms with E-state index in [1.165, 1.54) is 22.9 Å². The third kappa shape index (κ3) is 6.34. The molecule has 170 valence electrons. The van der Waals surface area contributed by atoms with Crippen molar-refractivity contribution >= 4 is 23.4 Å². The molecule has 1 N–H and O–H groups in total. The SMILES string of the molecule is CCN(CC)CCOc1ccccc1NC(=O)CSc1nncn1-c1ccc(C)c(C)c1. The Bertz CT molecular complexity index is 1030. The minimum absolute atomic E-state index is 0.121. The summed E-state index contributed by atoms with van der Waals surface area (Å²) in [5, 5.41) is 11.8. The van der Waals surface area contributed by atoms with Crippen LogP contribution in [0.15, 0.2) is 53.9 Å². The van der Waals surface area contributed by atoms with E-state index in [1.807, 2.05) is 34.9 Å². The van der Waals surface area contributed by atoms with Gasteiger partial charge in [-0.15, -0.1) is 10.2 Å². The first-order chi connectivity index (χ1) is 15.5. The topological polar surface area (TPSA) is 72.3 Å². The Morgan fingerprint density at radius 3 is 2.66 bits per heavy atom. The van der Waals surface area contributed by atoms with Gasteiger partial charge in [0.2, 0.25) is 5.91 Å². The predicted molar refractivity (Wildman–Crippen MR) is 130 cm³/mol. The number of aryl methyl sites for hydroxylation is 2. The van der Waals surface area contributed by atoms with E-state index in [2.05, 4.69) is 60.2 Å². The van der Waals surface area contributed by atoms with Gasteiger partial charge in [0.1, 0.15) is 18.7 Å². The number of rotatable bonds is 11. The molecule has 3 aromatic rings. The molecule has 0 aliphatic heterocycles. The molecule has 0 atom stereocenters. The summed E-state index contributed by atoms with van der Waals surface area (Å²) < 4.78 is 7.83. The van der Waals surface area contributed by atoms with Gasteiger partial charge in [-0.1, -0.05) is 43.8 Å². The maximum absolute atomic E-state index is 12.6. The highest BCUT2D eigenvalue weighted by Crippen LogP contribution is 2.25. The van der Waals surface area contributed by atoms with Crippen LogP contribution in [0, 0.1) is 13.8 Å². The van der Waals surface area contributed by atoms with Crippen LogP contribution in [0.5, 0.6) is 5.75 Å². The smallest absolute Gasteiger partial charge is 0.234 e. The average Bonchev–Trinajstić information content (AvgIpc) is 3.27. The molecule has 0 aliphatic rings. The third-order valence-corrected chi connectivity index (χ3v) is 6.28. The summed E-state index contributed by atoms with van der Waals surface area (Å²) in [6.07, 6.45) is 1.67. The molecule has 3 rings (SSSR count). The Kier molecular flexibility index (Phi) is 8.70. The van der Waals surface area contributed by atoms with Crippen molar-refractivity contribution in [1.82, 2.24) is 19.7 Å². The molecule has 0 fully saturated rings. The van der Waals surface area contributed by atoms with Crippen LogP contribution in [0.4, 0.5) is 5.69 Å². The van der Waals surface area contributed by atoms with Crippen molar-refractivity contribution in [3.63, 3.8) is 0 Å². The van der Waals surface area contributed by atoms with Crippen LogP contribution in [0.3, 0.4) is 0 Å². The molecular formula is C24H31N5O2S. The molecule has 2 aromatic carbocycles. The van der Waals surface area contributed by atoms with E-state index < -0.39 is 0 Å². The van der Waals surface area contributed by atoms with Crippen molar-refractivity contribution in [3.05, 3.63) is 59.9 Å². The standard InChI is InChI=1S/C24H31N5O2S/c1-5-28(6-2)13-14-31-22-10-8-7-9-21(22)26-23(30)16-32-24-27-25-17-29(24)20-12-11-18(3)19(4)15-20/h7-12,15,17H,5-6,13-14,16H2,1-4H3,(H,26,30). The van der Waals surface area contributed by atoms with Crippen LogP contribution in [0.2, 0.25) is 0 Å². The number of benzene rings is 2. The lowest BCUT2D eigenvalue weighted by Crippen LogP contribution is -2.28. The van der Waals surface area contributed by atoms with Crippen LogP contribution in [0.1, 0.15) is 25.0 Å². The normalized spacial score (nSPS) is 11.0. The second-order valence-electron chi connectivity index (χ2n) is 7.46. The quantitative estimate of drug-likeness (QED) is 0.436. The molecule has 0 radical (unpaired) electrons. The zero-order valence-corrected chi connectivity index (χ0v) is 20.0. The van der Waals surface area contributed by atoms with Crippen molar-refractivity contribution in [2.45, 2.75) is 32.9 Å². The first kappa shape index (κ1) is 23.8. The number of para-hydroxylation sites is 2. The van der Waals surface area contributed by atoms with E-state index in [0.29, 0.717) is 23.2 Å². The van der Waals surface area contributed by atoms with Gasteiger partial charge in [0, 0.05) is 12.2 Å². The van der Waals surface area contributed by atoms with Crippen LogP contribution in [0.25, 0.3) is 5.69 Å². The second-order valence-corrected chi connectivity index (χ2v) is 8.40. The summed E-state index contributed by atoms with van der Waals surface area (Å²) in [5.74, 6) is 0.776. The van der Waals surface area contributed by atoms with Crippen LogP contribution in [-0.4, -0.2) is 57.6 Å². The van der Waals surface area contributed by atoms with Crippen molar-refractivity contribution in [2.75, 3.05) is 37.3 Å². The van der Waals surface area contributed by atoms with E-state index in [-0.39, 0.29) is 11.7 Å². The van der Waals surface area contributed by atoms with E-state index in [4.69, 9.17) is 4.74 Å². The fourth-order valence-corrected chi connectivity index (χ4v) is 3.94. The molecule has 0 saturated carbocycles. The number of nitrogens with one attached hydrogen (secondary N) is 1. The molecule has 0 bridgehead atoms. The highest BCUT2D eigenvalue weighted by Gasteiger charge is 2.13. The number of carbonyl (C=O) groups is 1. The fraction of sp³-hybridized carbons (Fsp3) is 0.375. The van der Waals surface area contributed by atoms with Crippen LogP contribution >= 0.6 is 11.8 Å². The fourth-order valence-electron chi connectivity index (χ4n) is 3.21. The number of hydrogen-bond acceptors (Lipinski definition) is 6. The lowest BCUT2D eigenvalue weighted by molar-refractivity contribution is -0.113. The number of hydrogen-bond donors (Lipinski definition) is 1. The van der Waals surface area contributed by atoms with Crippen molar-refractivity contribution < 1.29 is 9.53 Å². The molecule has 1 aromatic heterocycles. The maximum atomic E-state index is 12.6. The van der Waals surface area contributed by atoms with Crippen molar-refractivity contribution in [2.24, 2.45) is 0 Å². The lowest BCUT2D eigenvalue weighted by atomic mass is 10.1. The first-order valence-corrected chi connectivity index (χ1v) is 11.8. The van der Waals surface area contributed by atoms with Gasteiger partial charge < -0.3 is 15.0 Å². The largest absolute Gasteiger partial charge is 0.490 e. The number of thioether (sulfide) groups is 1. The zero-order valence-electron chi connectivity index (χ0n) is 19.2. The molecule has 0 aliphatic carbocycles. The molecule has 7 nitrogen and oxygen atoms in total. The number of ether oxygens (including phenoxy) is 1. The highest BCUT2D eigenvalue weighted by molar-refractivity contribution is 7.99. The molecule has 8 heteroatoms. The molecule has 32 heavy (non-hydrogen) atoms. The molecule has 1 heterocycles. The minimum Gasteiger partial charge on any atom is -0.490 e. The molecule has 0 saturated heterocycles. The van der Waals surface area contributed by atoms with Gasteiger partial charge in [0.25, 0.3) is 0 Å². The molecule has 0 spiro atoms. The number of nitrogens with zero attached hydrogens (tertiary/aromatic N) is 4. The number of carbonyl (C=O) groups excluding carboxylic acids is 1.